The van der Waals surface area contributed by atoms with Crippen molar-refractivity contribution < 1.29 is 4.74 Å². The Morgan fingerprint density at radius 3 is 2.75 bits per heavy atom. The number of hydrogen-bond donors (Lipinski definition) is 0. The molecular weight excluding hydrogens is 388 g/mol. The first-order chi connectivity index (χ1) is 13.7. The maximum absolute atomic E-state index is 6.32. The van der Waals surface area contributed by atoms with Gasteiger partial charge in [0.25, 0.3) is 0 Å². The number of rotatable bonds is 7. The number of aliphatic imine (C=N–C) groups is 1. The standard InChI is InChI=1S/C23H23ClN2OS/c1-17-8-10-18(11-9-17)15-28-16-20-14-27-23(25-20)22-7-4-12-26(22)13-19-5-2-3-6-21(19)24/h2-12,20H,13-16H2,1H3. The van der Waals surface area contributed by atoms with Crippen LogP contribution in [0, 0.1) is 6.92 Å². The number of benzene rings is 2. The van der Waals surface area contributed by atoms with E-state index in [2.05, 4.69) is 41.8 Å². The van der Waals surface area contributed by atoms with Gasteiger partial charge in [-0.05, 0) is 36.2 Å². The van der Waals surface area contributed by atoms with Crippen LogP contribution in [-0.4, -0.2) is 28.9 Å². The summed E-state index contributed by atoms with van der Waals surface area (Å²) in [4.78, 5) is 4.82. The molecule has 4 rings (SSSR count). The second-order valence-electron chi connectivity index (χ2n) is 7.01. The van der Waals surface area contributed by atoms with Gasteiger partial charge < -0.3 is 9.30 Å². The van der Waals surface area contributed by atoms with Gasteiger partial charge in [-0.25, -0.2) is 4.99 Å². The summed E-state index contributed by atoms with van der Waals surface area (Å²) in [7, 11) is 0. The summed E-state index contributed by atoms with van der Waals surface area (Å²) in [5, 5.41) is 0.779. The van der Waals surface area contributed by atoms with E-state index in [9.17, 15) is 0 Å². The zero-order valence-electron chi connectivity index (χ0n) is 15.8. The van der Waals surface area contributed by atoms with Gasteiger partial charge in [-0.2, -0.15) is 11.8 Å². The predicted molar refractivity (Wildman–Crippen MR) is 119 cm³/mol. The van der Waals surface area contributed by atoms with Crippen molar-refractivity contribution in [3.63, 3.8) is 0 Å². The number of hydrogen-bond acceptors (Lipinski definition) is 3. The highest BCUT2D eigenvalue weighted by molar-refractivity contribution is 7.98. The summed E-state index contributed by atoms with van der Waals surface area (Å²) in [5.74, 6) is 2.70. The van der Waals surface area contributed by atoms with Crippen molar-refractivity contribution >= 4 is 29.3 Å². The molecule has 0 saturated heterocycles. The lowest BCUT2D eigenvalue weighted by Gasteiger charge is -2.10. The number of aromatic nitrogens is 1. The molecule has 1 atom stereocenters. The minimum absolute atomic E-state index is 0.203. The molecular formula is C23H23ClN2OS. The number of thioether (sulfide) groups is 1. The van der Waals surface area contributed by atoms with Gasteiger partial charge in [0.1, 0.15) is 12.3 Å². The molecule has 1 aliphatic rings. The minimum Gasteiger partial charge on any atom is -0.474 e. The van der Waals surface area contributed by atoms with E-state index in [-0.39, 0.29) is 6.04 Å². The number of ether oxygens (including phenoxy) is 1. The summed E-state index contributed by atoms with van der Waals surface area (Å²) in [5.41, 5.74) is 4.75. The van der Waals surface area contributed by atoms with Crippen molar-refractivity contribution in [3.05, 3.63) is 94.3 Å². The third-order valence-corrected chi connectivity index (χ3v) is 6.29. The fourth-order valence-corrected chi connectivity index (χ4v) is 4.38. The second-order valence-corrected chi connectivity index (χ2v) is 8.45. The van der Waals surface area contributed by atoms with Crippen LogP contribution in [0.2, 0.25) is 5.02 Å². The first-order valence-corrected chi connectivity index (χ1v) is 10.9. The quantitative estimate of drug-likeness (QED) is 0.508. The number of halogens is 1. The Labute approximate surface area is 175 Å². The molecule has 0 N–H and O–H groups in total. The molecule has 3 nitrogen and oxygen atoms in total. The maximum Gasteiger partial charge on any atom is 0.233 e. The monoisotopic (exact) mass is 410 g/mol. The van der Waals surface area contributed by atoms with Gasteiger partial charge in [0.2, 0.25) is 5.90 Å². The molecule has 0 aliphatic carbocycles. The molecule has 0 spiro atoms. The van der Waals surface area contributed by atoms with E-state index in [0.29, 0.717) is 13.2 Å². The largest absolute Gasteiger partial charge is 0.474 e. The molecule has 2 heterocycles. The topological polar surface area (TPSA) is 26.5 Å². The van der Waals surface area contributed by atoms with Crippen LogP contribution in [0.4, 0.5) is 0 Å². The molecule has 1 unspecified atom stereocenters. The first kappa shape index (κ1) is 19.2. The number of aryl methyl sites for hydroxylation is 1. The van der Waals surface area contributed by atoms with Crippen molar-refractivity contribution in [2.24, 2.45) is 4.99 Å². The third kappa shape index (κ3) is 4.62. The summed E-state index contributed by atoms with van der Waals surface area (Å²) in [6.45, 7) is 3.47. The first-order valence-electron chi connectivity index (χ1n) is 9.42. The highest BCUT2D eigenvalue weighted by Gasteiger charge is 2.22. The molecule has 0 fully saturated rings. The molecule has 2 aromatic carbocycles. The molecule has 1 aliphatic heterocycles. The van der Waals surface area contributed by atoms with Crippen LogP contribution in [0.15, 0.2) is 71.9 Å². The van der Waals surface area contributed by atoms with Gasteiger partial charge in [-0.1, -0.05) is 59.6 Å². The van der Waals surface area contributed by atoms with Crippen LogP contribution in [0.25, 0.3) is 0 Å². The van der Waals surface area contributed by atoms with E-state index in [4.69, 9.17) is 21.3 Å². The van der Waals surface area contributed by atoms with Crippen molar-refractivity contribution in [2.45, 2.75) is 25.3 Å². The Morgan fingerprint density at radius 2 is 1.93 bits per heavy atom. The molecule has 0 saturated carbocycles. The lowest BCUT2D eigenvalue weighted by molar-refractivity contribution is 0.323. The van der Waals surface area contributed by atoms with Crippen molar-refractivity contribution in [1.82, 2.24) is 4.57 Å². The summed E-state index contributed by atoms with van der Waals surface area (Å²) >= 11 is 8.22. The smallest absolute Gasteiger partial charge is 0.233 e. The molecule has 0 radical (unpaired) electrons. The molecule has 1 aromatic heterocycles. The van der Waals surface area contributed by atoms with Gasteiger partial charge in [-0.3, -0.25) is 0 Å². The average Bonchev–Trinajstić information content (AvgIpc) is 3.34. The van der Waals surface area contributed by atoms with E-state index in [1.54, 1.807) is 0 Å². The predicted octanol–water partition coefficient (Wildman–Crippen LogP) is 5.58. The van der Waals surface area contributed by atoms with E-state index < -0.39 is 0 Å². The Kier molecular flexibility index (Phi) is 6.08. The average molecular weight is 411 g/mol. The fraction of sp³-hybridized carbons (Fsp3) is 0.261. The third-order valence-electron chi connectivity index (χ3n) is 4.76. The highest BCUT2D eigenvalue weighted by Crippen LogP contribution is 2.21. The fourth-order valence-electron chi connectivity index (χ4n) is 3.19. The summed E-state index contributed by atoms with van der Waals surface area (Å²) in [6.07, 6.45) is 2.05. The van der Waals surface area contributed by atoms with E-state index in [1.165, 1.54) is 11.1 Å². The van der Waals surface area contributed by atoms with Crippen molar-refractivity contribution in [3.8, 4) is 0 Å². The van der Waals surface area contributed by atoms with E-state index in [0.717, 1.165) is 33.7 Å². The van der Waals surface area contributed by atoms with Gasteiger partial charge in [0.15, 0.2) is 0 Å². The SMILES string of the molecule is Cc1ccc(CSCC2COC(c3cccn3Cc3ccccc3Cl)=N2)cc1. The van der Waals surface area contributed by atoms with Gasteiger partial charge >= 0.3 is 0 Å². The Hall–Kier alpha value is -2.17. The highest BCUT2D eigenvalue weighted by atomic mass is 35.5. The van der Waals surface area contributed by atoms with E-state index >= 15 is 0 Å². The van der Waals surface area contributed by atoms with Crippen LogP contribution < -0.4 is 0 Å². The van der Waals surface area contributed by atoms with Gasteiger partial charge in [0.05, 0.1) is 6.04 Å². The molecule has 0 amide bonds. The zero-order chi connectivity index (χ0) is 19.3. The lowest BCUT2D eigenvalue weighted by atomic mass is 10.2. The normalized spacial score (nSPS) is 16.1. The van der Waals surface area contributed by atoms with Crippen LogP contribution in [-0.2, 0) is 17.0 Å². The van der Waals surface area contributed by atoms with Crippen LogP contribution in [0.5, 0.6) is 0 Å². The molecule has 5 heteroatoms. The molecule has 0 bridgehead atoms. The Balaban J connectivity index is 1.37. The van der Waals surface area contributed by atoms with Crippen LogP contribution in [0.3, 0.4) is 0 Å². The minimum atomic E-state index is 0.203. The second kappa shape index (κ2) is 8.89. The number of nitrogens with zero attached hydrogens (tertiary/aromatic N) is 2. The Bertz CT molecular complexity index is 965. The van der Waals surface area contributed by atoms with Crippen molar-refractivity contribution in [1.29, 1.82) is 0 Å². The van der Waals surface area contributed by atoms with Crippen LogP contribution >= 0.6 is 23.4 Å². The Morgan fingerprint density at radius 1 is 1.11 bits per heavy atom. The summed E-state index contributed by atoms with van der Waals surface area (Å²) < 4.78 is 8.06. The van der Waals surface area contributed by atoms with Crippen LogP contribution in [0.1, 0.15) is 22.4 Å². The lowest BCUT2D eigenvalue weighted by Crippen LogP contribution is -2.11. The van der Waals surface area contributed by atoms with Crippen molar-refractivity contribution in [2.75, 3.05) is 12.4 Å². The zero-order valence-corrected chi connectivity index (χ0v) is 17.4. The summed E-state index contributed by atoms with van der Waals surface area (Å²) in [6, 6.07) is 20.9. The van der Waals surface area contributed by atoms with Gasteiger partial charge in [-0.15, -0.1) is 0 Å². The molecule has 28 heavy (non-hydrogen) atoms. The molecule has 144 valence electrons. The van der Waals surface area contributed by atoms with Gasteiger partial charge in [0, 0.05) is 29.3 Å². The maximum atomic E-state index is 6.32. The van der Waals surface area contributed by atoms with E-state index in [1.807, 2.05) is 48.3 Å². The molecule has 3 aromatic rings.